The molecule has 0 aromatic heterocycles. The molecular formula is C15H23NO3. The van der Waals surface area contributed by atoms with Gasteiger partial charge in [0.1, 0.15) is 6.61 Å². The largest absolute Gasteiger partial charge is 0.445 e. The first-order chi connectivity index (χ1) is 9.26. The van der Waals surface area contributed by atoms with Crippen LogP contribution in [0.2, 0.25) is 0 Å². The lowest BCUT2D eigenvalue weighted by Crippen LogP contribution is -2.33. The van der Waals surface area contributed by atoms with Crippen LogP contribution in [-0.4, -0.2) is 25.9 Å². The Bertz CT molecular complexity index is 354. The molecule has 1 aromatic rings. The highest BCUT2D eigenvalue weighted by molar-refractivity contribution is 5.67. The van der Waals surface area contributed by atoms with Gasteiger partial charge in [-0.2, -0.15) is 0 Å². The molecule has 0 aliphatic rings. The van der Waals surface area contributed by atoms with Gasteiger partial charge in [0.2, 0.25) is 0 Å². The van der Waals surface area contributed by atoms with Gasteiger partial charge in [0.25, 0.3) is 0 Å². The molecule has 1 N–H and O–H groups in total. The third-order valence-electron chi connectivity index (χ3n) is 2.90. The number of carbonyl (C=O) groups excluding carboxylic acids is 1. The number of hydrogen-bond acceptors (Lipinski definition) is 3. The van der Waals surface area contributed by atoms with Gasteiger partial charge >= 0.3 is 6.09 Å². The predicted octanol–water partition coefficient (Wildman–Crippen LogP) is 3.12. The minimum Gasteiger partial charge on any atom is -0.445 e. The van der Waals surface area contributed by atoms with Gasteiger partial charge in [-0.1, -0.05) is 50.1 Å². The number of amides is 1. The number of unbranched alkanes of at least 4 members (excludes halogenated alkanes) is 1. The van der Waals surface area contributed by atoms with E-state index in [1.165, 1.54) is 0 Å². The highest BCUT2D eigenvalue weighted by Crippen LogP contribution is 2.03. The maximum Gasteiger partial charge on any atom is 0.407 e. The Labute approximate surface area is 115 Å². The molecule has 4 nitrogen and oxygen atoms in total. The van der Waals surface area contributed by atoms with Gasteiger partial charge in [0.15, 0.2) is 0 Å². The minimum absolute atomic E-state index is 0.0595. The zero-order valence-corrected chi connectivity index (χ0v) is 11.7. The number of nitrogens with one attached hydrogen (secondary N) is 1. The number of methoxy groups -OCH3 is 1. The SMILES string of the molecule is CCCCC(CNC(=O)OCc1ccccc1)OC. The molecule has 1 unspecified atom stereocenters. The summed E-state index contributed by atoms with van der Waals surface area (Å²) in [6, 6.07) is 9.62. The van der Waals surface area contributed by atoms with Crippen LogP contribution in [0.15, 0.2) is 30.3 Å². The fraction of sp³-hybridized carbons (Fsp3) is 0.533. The lowest BCUT2D eigenvalue weighted by atomic mass is 10.1. The second-order valence-electron chi connectivity index (χ2n) is 4.44. The Balaban J connectivity index is 2.20. The molecule has 0 bridgehead atoms. The molecule has 4 heteroatoms. The van der Waals surface area contributed by atoms with Crippen molar-refractivity contribution in [1.29, 1.82) is 0 Å². The number of hydrogen-bond donors (Lipinski definition) is 1. The molecule has 19 heavy (non-hydrogen) atoms. The average Bonchev–Trinajstić information content (AvgIpc) is 2.46. The van der Waals surface area contributed by atoms with Gasteiger partial charge in [-0.15, -0.1) is 0 Å². The molecule has 1 amide bonds. The van der Waals surface area contributed by atoms with Gasteiger partial charge < -0.3 is 14.8 Å². The molecule has 0 fully saturated rings. The number of alkyl carbamates (subject to hydrolysis) is 1. The molecule has 1 rings (SSSR count). The maximum absolute atomic E-state index is 11.5. The highest BCUT2D eigenvalue weighted by atomic mass is 16.5. The fourth-order valence-corrected chi connectivity index (χ4v) is 1.71. The van der Waals surface area contributed by atoms with E-state index in [4.69, 9.17) is 9.47 Å². The second-order valence-corrected chi connectivity index (χ2v) is 4.44. The zero-order chi connectivity index (χ0) is 13.9. The summed E-state index contributed by atoms with van der Waals surface area (Å²) < 4.78 is 10.4. The Morgan fingerprint density at radius 3 is 2.68 bits per heavy atom. The quantitative estimate of drug-likeness (QED) is 0.785. The summed E-state index contributed by atoms with van der Waals surface area (Å²) in [4.78, 5) is 11.5. The van der Waals surface area contributed by atoms with E-state index in [1.54, 1.807) is 7.11 Å². The molecule has 0 spiro atoms. The number of carbonyl (C=O) groups is 1. The minimum atomic E-state index is -0.401. The van der Waals surface area contributed by atoms with Crippen molar-refractivity contribution in [2.24, 2.45) is 0 Å². The zero-order valence-electron chi connectivity index (χ0n) is 11.7. The first-order valence-electron chi connectivity index (χ1n) is 6.73. The van der Waals surface area contributed by atoms with E-state index in [2.05, 4.69) is 12.2 Å². The van der Waals surface area contributed by atoms with Gasteiger partial charge in [0, 0.05) is 13.7 Å². The number of ether oxygens (including phenoxy) is 2. The fourth-order valence-electron chi connectivity index (χ4n) is 1.71. The Kier molecular flexibility index (Phi) is 7.66. The summed E-state index contributed by atoms with van der Waals surface area (Å²) in [6.45, 7) is 2.91. The van der Waals surface area contributed by atoms with E-state index >= 15 is 0 Å². The molecule has 106 valence electrons. The van der Waals surface area contributed by atoms with Crippen LogP contribution in [0.3, 0.4) is 0 Å². The van der Waals surface area contributed by atoms with Crippen LogP contribution < -0.4 is 5.32 Å². The summed E-state index contributed by atoms with van der Waals surface area (Å²) in [5.74, 6) is 0. The van der Waals surface area contributed by atoms with Crippen LogP contribution in [0, 0.1) is 0 Å². The smallest absolute Gasteiger partial charge is 0.407 e. The lowest BCUT2D eigenvalue weighted by Gasteiger charge is -2.15. The maximum atomic E-state index is 11.5. The van der Waals surface area contributed by atoms with Crippen LogP contribution in [0.4, 0.5) is 4.79 Å². The average molecular weight is 265 g/mol. The Morgan fingerprint density at radius 1 is 1.32 bits per heavy atom. The summed E-state index contributed by atoms with van der Waals surface area (Å²) >= 11 is 0. The van der Waals surface area contributed by atoms with Crippen molar-refractivity contribution in [1.82, 2.24) is 5.32 Å². The van der Waals surface area contributed by atoms with Crippen molar-refractivity contribution in [3.05, 3.63) is 35.9 Å². The van der Waals surface area contributed by atoms with Crippen LogP contribution >= 0.6 is 0 Å². The Morgan fingerprint density at radius 2 is 2.05 bits per heavy atom. The molecule has 1 aromatic carbocycles. The highest BCUT2D eigenvalue weighted by Gasteiger charge is 2.09. The second kappa shape index (κ2) is 9.39. The van der Waals surface area contributed by atoms with Crippen molar-refractivity contribution in [2.75, 3.05) is 13.7 Å². The van der Waals surface area contributed by atoms with Crippen molar-refractivity contribution in [2.45, 2.75) is 38.9 Å². The summed E-state index contributed by atoms with van der Waals surface area (Å²) in [5.41, 5.74) is 0.979. The van der Waals surface area contributed by atoms with Crippen molar-refractivity contribution < 1.29 is 14.3 Å². The monoisotopic (exact) mass is 265 g/mol. The topological polar surface area (TPSA) is 47.6 Å². The molecule has 0 aliphatic heterocycles. The first-order valence-corrected chi connectivity index (χ1v) is 6.73. The van der Waals surface area contributed by atoms with Crippen molar-refractivity contribution >= 4 is 6.09 Å². The number of rotatable bonds is 8. The van der Waals surface area contributed by atoms with Crippen molar-refractivity contribution in [3.63, 3.8) is 0 Å². The van der Waals surface area contributed by atoms with Crippen molar-refractivity contribution in [3.8, 4) is 0 Å². The summed E-state index contributed by atoms with van der Waals surface area (Å²) in [7, 11) is 1.66. The molecule has 0 saturated carbocycles. The standard InChI is InChI=1S/C15H23NO3/c1-3-4-10-14(18-2)11-16-15(17)19-12-13-8-6-5-7-9-13/h5-9,14H,3-4,10-12H2,1-2H3,(H,16,17). The van der Waals surface area contributed by atoms with E-state index in [0.29, 0.717) is 13.2 Å². The normalized spacial score (nSPS) is 11.9. The predicted molar refractivity (Wildman–Crippen MR) is 75.0 cm³/mol. The van der Waals surface area contributed by atoms with E-state index in [-0.39, 0.29) is 6.10 Å². The van der Waals surface area contributed by atoms with Crippen LogP contribution in [0.25, 0.3) is 0 Å². The van der Waals surface area contributed by atoms with Gasteiger partial charge in [-0.25, -0.2) is 4.79 Å². The van der Waals surface area contributed by atoms with E-state index in [1.807, 2.05) is 30.3 Å². The number of benzene rings is 1. The van der Waals surface area contributed by atoms with E-state index in [9.17, 15) is 4.79 Å². The van der Waals surface area contributed by atoms with Gasteiger partial charge in [-0.3, -0.25) is 0 Å². The van der Waals surface area contributed by atoms with Gasteiger partial charge in [-0.05, 0) is 12.0 Å². The van der Waals surface area contributed by atoms with E-state index < -0.39 is 6.09 Å². The third-order valence-corrected chi connectivity index (χ3v) is 2.90. The van der Waals surface area contributed by atoms with Crippen LogP contribution in [0.1, 0.15) is 31.7 Å². The molecule has 0 aliphatic carbocycles. The molecular weight excluding hydrogens is 242 g/mol. The molecule has 0 heterocycles. The molecule has 0 radical (unpaired) electrons. The van der Waals surface area contributed by atoms with Crippen LogP contribution in [-0.2, 0) is 16.1 Å². The van der Waals surface area contributed by atoms with Crippen LogP contribution in [0.5, 0.6) is 0 Å². The summed E-state index contributed by atoms with van der Waals surface area (Å²) in [5, 5.41) is 2.73. The summed E-state index contributed by atoms with van der Waals surface area (Å²) in [6.07, 6.45) is 2.83. The lowest BCUT2D eigenvalue weighted by molar-refractivity contribution is 0.0855. The molecule has 0 saturated heterocycles. The third kappa shape index (κ3) is 6.82. The van der Waals surface area contributed by atoms with Gasteiger partial charge in [0.05, 0.1) is 6.10 Å². The Hall–Kier alpha value is -1.55. The molecule has 1 atom stereocenters. The van der Waals surface area contributed by atoms with E-state index in [0.717, 1.165) is 24.8 Å². The first kappa shape index (κ1) is 15.5.